The van der Waals surface area contributed by atoms with Crippen molar-refractivity contribution in [3.05, 3.63) is 34.4 Å². The minimum absolute atomic E-state index is 0.138. The standard InChI is InChI=1S/C10H12N2O2/c1-7-6-10(7)11-8-2-4-9(5-3-8)12(13)14/h2-5,7,10-11H,6H2,1H3. The molecule has 0 amide bonds. The van der Waals surface area contributed by atoms with Gasteiger partial charge in [0.25, 0.3) is 5.69 Å². The van der Waals surface area contributed by atoms with E-state index in [-0.39, 0.29) is 10.6 Å². The second kappa shape index (κ2) is 3.29. The first-order valence-electron chi connectivity index (χ1n) is 4.68. The monoisotopic (exact) mass is 192 g/mol. The highest BCUT2D eigenvalue weighted by molar-refractivity contribution is 5.50. The number of nitrogens with zero attached hydrogens (tertiary/aromatic N) is 1. The third-order valence-electron chi connectivity index (χ3n) is 2.54. The molecule has 1 aliphatic carbocycles. The van der Waals surface area contributed by atoms with E-state index in [9.17, 15) is 10.1 Å². The number of benzene rings is 1. The molecule has 1 aromatic carbocycles. The Bertz CT molecular complexity index is 348. The molecule has 2 atom stereocenters. The van der Waals surface area contributed by atoms with Gasteiger partial charge in [-0.1, -0.05) is 6.92 Å². The van der Waals surface area contributed by atoms with Gasteiger partial charge in [-0.25, -0.2) is 0 Å². The van der Waals surface area contributed by atoms with Crippen LogP contribution in [0.4, 0.5) is 11.4 Å². The number of hydrogen-bond donors (Lipinski definition) is 1. The fraction of sp³-hybridized carbons (Fsp3) is 0.400. The maximum atomic E-state index is 10.4. The minimum atomic E-state index is -0.385. The maximum Gasteiger partial charge on any atom is 0.269 e. The van der Waals surface area contributed by atoms with Crippen LogP contribution in [-0.2, 0) is 0 Å². The third-order valence-corrected chi connectivity index (χ3v) is 2.54. The lowest BCUT2D eigenvalue weighted by atomic mass is 10.3. The summed E-state index contributed by atoms with van der Waals surface area (Å²) in [5.41, 5.74) is 1.10. The molecule has 2 rings (SSSR count). The summed E-state index contributed by atoms with van der Waals surface area (Å²) in [5.74, 6) is 0.727. The predicted molar refractivity (Wildman–Crippen MR) is 54.3 cm³/mol. The molecule has 2 unspecified atom stereocenters. The number of nitro benzene ring substituents is 1. The molecule has 0 saturated heterocycles. The van der Waals surface area contributed by atoms with Crippen molar-refractivity contribution < 1.29 is 4.92 Å². The Morgan fingerprint density at radius 1 is 1.43 bits per heavy atom. The molecule has 74 valence electrons. The SMILES string of the molecule is CC1CC1Nc1ccc([N+](=O)[O-])cc1. The molecular formula is C10H12N2O2. The Kier molecular flexibility index (Phi) is 2.11. The van der Waals surface area contributed by atoms with Crippen LogP contribution in [-0.4, -0.2) is 11.0 Å². The summed E-state index contributed by atoms with van der Waals surface area (Å²) in [7, 11) is 0. The van der Waals surface area contributed by atoms with Crippen molar-refractivity contribution in [1.82, 2.24) is 0 Å². The van der Waals surface area contributed by atoms with E-state index in [1.807, 2.05) is 0 Å². The molecule has 1 aromatic rings. The van der Waals surface area contributed by atoms with Crippen LogP contribution in [0.1, 0.15) is 13.3 Å². The van der Waals surface area contributed by atoms with Crippen LogP contribution in [0.15, 0.2) is 24.3 Å². The van der Waals surface area contributed by atoms with Gasteiger partial charge in [-0.3, -0.25) is 10.1 Å². The van der Waals surface area contributed by atoms with E-state index >= 15 is 0 Å². The van der Waals surface area contributed by atoms with Crippen LogP contribution in [0.2, 0.25) is 0 Å². The van der Waals surface area contributed by atoms with E-state index in [0.29, 0.717) is 6.04 Å². The highest BCUT2D eigenvalue weighted by atomic mass is 16.6. The fourth-order valence-electron chi connectivity index (χ4n) is 1.42. The number of anilines is 1. The summed E-state index contributed by atoms with van der Waals surface area (Å²) in [6.45, 7) is 2.18. The molecule has 1 aliphatic rings. The van der Waals surface area contributed by atoms with E-state index < -0.39 is 0 Å². The molecule has 0 bridgehead atoms. The van der Waals surface area contributed by atoms with E-state index in [4.69, 9.17) is 0 Å². The summed E-state index contributed by atoms with van der Waals surface area (Å²) < 4.78 is 0. The van der Waals surface area contributed by atoms with Gasteiger partial charge < -0.3 is 5.32 Å². The van der Waals surface area contributed by atoms with Gasteiger partial charge in [-0.2, -0.15) is 0 Å². The van der Waals surface area contributed by atoms with Crippen LogP contribution in [0.3, 0.4) is 0 Å². The second-order valence-corrected chi connectivity index (χ2v) is 3.77. The molecule has 0 aliphatic heterocycles. The van der Waals surface area contributed by atoms with Gasteiger partial charge in [0.15, 0.2) is 0 Å². The molecule has 14 heavy (non-hydrogen) atoms. The molecule has 1 N–H and O–H groups in total. The van der Waals surface area contributed by atoms with E-state index in [1.165, 1.54) is 18.6 Å². The molecule has 1 fully saturated rings. The molecule has 4 heteroatoms. The zero-order valence-electron chi connectivity index (χ0n) is 7.93. The maximum absolute atomic E-state index is 10.4. The van der Waals surface area contributed by atoms with Crippen LogP contribution in [0.5, 0.6) is 0 Å². The lowest BCUT2D eigenvalue weighted by molar-refractivity contribution is -0.384. The summed E-state index contributed by atoms with van der Waals surface area (Å²) in [6, 6.07) is 7.10. The smallest absolute Gasteiger partial charge is 0.269 e. The largest absolute Gasteiger partial charge is 0.382 e. The molecule has 1 saturated carbocycles. The van der Waals surface area contributed by atoms with Crippen molar-refractivity contribution in [3.8, 4) is 0 Å². The molecular weight excluding hydrogens is 180 g/mol. The number of nitro groups is 1. The van der Waals surface area contributed by atoms with E-state index in [0.717, 1.165) is 11.6 Å². The number of non-ortho nitro benzene ring substituents is 1. The van der Waals surface area contributed by atoms with E-state index in [2.05, 4.69) is 12.2 Å². The Hall–Kier alpha value is -1.58. The summed E-state index contributed by atoms with van der Waals surface area (Å²) in [6.07, 6.45) is 1.19. The first-order valence-corrected chi connectivity index (χ1v) is 4.68. The van der Waals surface area contributed by atoms with Crippen molar-refractivity contribution >= 4 is 11.4 Å². The molecule has 0 aromatic heterocycles. The van der Waals surface area contributed by atoms with Gasteiger partial charge in [0.1, 0.15) is 0 Å². The Labute approximate surface area is 82.1 Å². The number of rotatable bonds is 3. The van der Waals surface area contributed by atoms with Crippen molar-refractivity contribution in [3.63, 3.8) is 0 Å². The Balaban J connectivity index is 2.02. The quantitative estimate of drug-likeness (QED) is 0.591. The van der Waals surface area contributed by atoms with Gasteiger partial charge in [-0.05, 0) is 24.5 Å². The van der Waals surface area contributed by atoms with Gasteiger partial charge >= 0.3 is 0 Å². The summed E-state index contributed by atoms with van der Waals surface area (Å²) in [4.78, 5) is 10.00. The highest BCUT2D eigenvalue weighted by Gasteiger charge is 2.32. The van der Waals surface area contributed by atoms with Crippen molar-refractivity contribution in [1.29, 1.82) is 0 Å². The van der Waals surface area contributed by atoms with Crippen molar-refractivity contribution in [2.24, 2.45) is 5.92 Å². The number of hydrogen-bond acceptors (Lipinski definition) is 3. The third kappa shape index (κ3) is 1.84. The van der Waals surface area contributed by atoms with Crippen LogP contribution in [0, 0.1) is 16.0 Å². The predicted octanol–water partition coefficient (Wildman–Crippen LogP) is 2.42. The van der Waals surface area contributed by atoms with E-state index in [1.54, 1.807) is 12.1 Å². The van der Waals surface area contributed by atoms with Crippen molar-refractivity contribution in [2.45, 2.75) is 19.4 Å². The Morgan fingerprint density at radius 3 is 2.43 bits per heavy atom. The van der Waals surface area contributed by atoms with Gasteiger partial charge in [0.2, 0.25) is 0 Å². The molecule has 0 spiro atoms. The molecule has 0 radical (unpaired) electrons. The zero-order valence-corrected chi connectivity index (χ0v) is 7.93. The fourth-order valence-corrected chi connectivity index (χ4v) is 1.42. The van der Waals surface area contributed by atoms with Gasteiger partial charge in [0, 0.05) is 23.9 Å². The Morgan fingerprint density at radius 2 is 2.00 bits per heavy atom. The molecule has 0 heterocycles. The lowest BCUT2D eigenvalue weighted by Crippen LogP contribution is -2.02. The number of nitrogens with one attached hydrogen (secondary N) is 1. The van der Waals surface area contributed by atoms with Crippen LogP contribution < -0.4 is 5.32 Å². The highest BCUT2D eigenvalue weighted by Crippen LogP contribution is 2.32. The normalized spacial score (nSPS) is 24.4. The first kappa shape index (κ1) is 8.99. The topological polar surface area (TPSA) is 55.2 Å². The summed E-state index contributed by atoms with van der Waals surface area (Å²) >= 11 is 0. The van der Waals surface area contributed by atoms with Gasteiger partial charge in [-0.15, -0.1) is 0 Å². The first-order chi connectivity index (χ1) is 6.66. The van der Waals surface area contributed by atoms with Crippen LogP contribution >= 0.6 is 0 Å². The second-order valence-electron chi connectivity index (χ2n) is 3.77. The average Bonchev–Trinajstić information content (AvgIpc) is 2.82. The zero-order chi connectivity index (χ0) is 10.1. The van der Waals surface area contributed by atoms with Crippen molar-refractivity contribution in [2.75, 3.05) is 5.32 Å². The summed E-state index contributed by atoms with van der Waals surface area (Å²) in [5, 5.41) is 13.7. The average molecular weight is 192 g/mol. The van der Waals surface area contributed by atoms with Crippen LogP contribution in [0.25, 0.3) is 0 Å². The minimum Gasteiger partial charge on any atom is -0.382 e. The van der Waals surface area contributed by atoms with Gasteiger partial charge in [0.05, 0.1) is 4.92 Å². The lowest BCUT2D eigenvalue weighted by Gasteiger charge is -2.03. The molecule has 4 nitrogen and oxygen atoms in total.